The van der Waals surface area contributed by atoms with E-state index in [0.717, 1.165) is 25.7 Å². The predicted octanol–water partition coefficient (Wildman–Crippen LogP) is 1.74. The molecule has 1 aliphatic carbocycles. The van der Waals surface area contributed by atoms with Crippen LogP contribution in [0.2, 0.25) is 0 Å². The Hall–Kier alpha value is -1.75. The van der Waals surface area contributed by atoms with Gasteiger partial charge in [0.2, 0.25) is 0 Å². The fraction of sp³-hybridized carbons (Fsp3) is 0.533. The number of amides is 1. The molecule has 1 aromatic carbocycles. The monoisotopic (exact) mass is 279 g/mol. The molecule has 0 spiro atoms. The lowest BCUT2D eigenvalue weighted by Crippen LogP contribution is -2.45. The van der Waals surface area contributed by atoms with Crippen molar-refractivity contribution in [2.75, 3.05) is 14.2 Å². The zero-order valence-electron chi connectivity index (χ0n) is 11.9. The number of benzene rings is 1. The summed E-state index contributed by atoms with van der Waals surface area (Å²) < 4.78 is 10.3. The summed E-state index contributed by atoms with van der Waals surface area (Å²) in [6, 6.07) is 4.87. The molecule has 110 valence electrons. The van der Waals surface area contributed by atoms with Gasteiger partial charge in [-0.15, -0.1) is 0 Å². The van der Waals surface area contributed by atoms with Crippen LogP contribution < -0.4 is 14.8 Å². The summed E-state index contributed by atoms with van der Waals surface area (Å²) in [5.74, 6) is 0.906. The van der Waals surface area contributed by atoms with E-state index in [4.69, 9.17) is 9.47 Å². The Kier molecular flexibility index (Phi) is 4.84. The summed E-state index contributed by atoms with van der Waals surface area (Å²) in [4.78, 5) is 12.2. The molecule has 1 aromatic rings. The average molecular weight is 279 g/mol. The van der Waals surface area contributed by atoms with Gasteiger partial charge in [0.1, 0.15) is 0 Å². The van der Waals surface area contributed by atoms with Crippen molar-refractivity contribution < 1.29 is 19.4 Å². The van der Waals surface area contributed by atoms with E-state index in [2.05, 4.69) is 5.32 Å². The van der Waals surface area contributed by atoms with Gasteiger partial charge in [-0.05, 0) is 31.0 Å². The van der Waals surface area contributed by atoms with Crippen molar-refractivity contribution in [3.8, 4) is 11.5 Å². The maximum atomic E-state index is 12.2. The Morgan fingerprint density at radius 1 is 1.20 bits per heavy atom. The Bertz CT molecular complexity index is 475. The fourth-order valence-electron chi connectivity index (χ4n) is 2.51. The second kappa shape index (κ2) is 6.61. The predicted molar refractivity (Wildman–Crippen MR) is 75.3 cm³/mol. The molecule has 1 amide bonds. The number of hydrogen-bond acceptors (Lipinski definition) is 4. The molecule has 1 aliphatic rings. The van der Waals surface area contributed by atoms with Gasteiger partial charge in [-0.25, -0.2) is 0 Å². The van der Waals surface area contributed by atoms with E-state index in [1.54, 1.807) is 25.3 Å². The summed E-state index contributed by atoms with van der Waals surface area (Å²) >= 11 is 0. The lowest BCUT2D eigenvalue weighted by molar-refractivity contribution is 0.0717. The fourth-order valence-corrected chi connectivity index (χ4v) is 2.51. The van der Waals surface area contributed by atoms with E-state index in [1.807, 2.05) is 0 Å². The molecular formula is C15H21NO4. The smallest absolute Gasteiger partial charge is 0.251 e. The molecule has 0 unspecified atom stereocenters. The molecule has 0 radical (unpaired) electrons. The first-order chi connectivity index (χ1) is 9.65. The van der Waals surface area contributed by atoms with Crippen LogP contribution in [0.3, 0.4) is 0 Å². The van der Waals surface area contributed by atoms with Crippen molar-refractivity contribution in [3.63, 3.8) is 0 Å². The average Bonchev–Trinajstić information content (AvgIpc) is 2.48. The van der Waals surface area contributed by atoms with E-state index in [1.165, 1.54) is 7.11 Å². The van der Waals surface area contributed by atoms with Crippen LogP contribution in [0.25, 0.3) is 0 Å². The van der Waals surface area contributed by atoms with E-state index >= 15 is 0 Å². The minimum Gasteiger partial charge on any atom is -0.493 e. The summed E-state index contributed by atoms with van der Waals surface area (Å²) in [5, 5.41) is 12.8. The molecule has 0 saturated heterocycles. The quantitative estimate of drug-likeness (QED) is 0.881. The molecule has 5 nitrogen and oxygen atoms in total. The van der Waals surface area contributed by atoms with E-state index in [0.29, 0.717) is 17.1 Å². The van der Waals surface area contributed by atoms with Crippen LogP contribution in [-0.2, 0) is 0 Å². The van der Waals surface area contributed by atoms with Gasteiger partial charge < -0.3 is 19.9 Å². The molecule has 0 aromatic heterocycles. The number of aliphatic hydroxyl groups is 1. The van der Waals surface area contributed by atoms with Gasteiger partial charge in [0.15, 0.2) is 11.5 Å². The van der Waals surface area contributed by atoms with Gasteiger partial charge in [0.05, 0.1) is 26.4 Å². The van der Waals surface area contributed by atoms with Crippen LogP contribution in [0, 0.1) is 0 Å². The van der Waals surface area contributed by atoms with Gasteiger partial charge >= 0.3 is 0 Å². The Morgan fingerprint density at radius 2 is 1.90 bits per heavy atom. The number of hydrogen-bond donors (Lipinski definition) is 2. The minimum atomic E-state index is -0.451. The molecule has 2 rings (SSSR count). The van der Waals surface area contributed by atoms with Crippen molar-refractivity contribution in [2.45, 2.75) is 37.8 Å². The van der Waals surface area contributed by atoms with Crippen molar-refractivity contribution >= 4 is 5.91 Å². The van der Waals surface area contributed by atoms with Crippen LogP contribution in [-0.4, -0.2) is 37.4 Å². The number of carbonyl (C=O) groups is 1. The molecule has 20 heavy (non-hydrogen) atoms. The van der Waals surface area contributed by atoms with Crippen molar-refractivity contribution in [3.05, 3.63) is 23.8 Å². The Balaban J connectivity index is 2.08. The highest BCUT2D eigenvalue weighted by Gasteiger charge is 2.25. The number of rotatable bonds is 4. The number of ether oxygens (including phenoxy) is 2. The van der Waals surface area contributed by atoms with Crippen LogP contribution in [0.1, 0.15) is 36.0 Å². The third-order valence-electron chi connectivity index (χ3n) is 3.69. The second-order valence-electron chi connectivity index (χ2n) is 5.00. The molecule has 1 saturated carbocycles. The largest absolute Gasteiger partial charge is 0.493 e. The summed E-state index contributed by atoms with van der Waals surface area (Å²) in [6.07, 6.45) is 3.17. The number of carbonyl (C=O) groups excluding carboxylic acids is 1. The molecule has 2 N–H and O–H groups in total. The van der Waals surface area contributed by atoms with Gasteiger partial charge in [-0.1, -0.05) is 12.8 Å². The zero-order valence-corrected chi connectivity index (χ0v) is 11.9. The van der Waals surface area contributed by atoms with E-state index in [-0.39, 0.29) is 11.9 Å². The highest BCUT2D eigenvalue weighted by molar-refractivity contribution is 5.95. The van der Waals surface area contributed by atoms with Gasteiger partial charge in [0, 0.05) is 5.56 Å². The topological polar surface area (TPSA) is 67.8 Å². The third kappa shape index (κ3) is 3.22. The standard InChI is InChI=1S/C15H21NO4/c1-19-13-8-7-10(9-14(13)20-2)15(18)16-11-5-3-4-6-12(11)17/h7-9,11-12,17H,3-6H2,1-2H3,(H,16,18)/t11-,12-/m0/s1. The SMILES string of the molecule is COc1ccc(C(=O)N[C@H]2CCCC[C@@H]2O)cc1OC. The van der Waals surface area contributed by atoms with Crippen LogP contribution in [0.15, 0.2) is 18.2 Å². The molecular weight excluding hydrogens is 258 g/mol. The van der Waals surface area contributed by atoms with Crippen LogP contribution >= 0.6 is 0 Å². The zero-order chi connectivity index (χ0) is 14.5. The van der Waals surface area contributed by atoms with Gasteiger partial charge in [0.25, 0.3) is 5.91 Å². The van der Waals surface area contributed by atoms with Gasteiger partial charge in [-0.2, -0.15) is 0 Å². The lowest BCUT2D eigenvalue weighted by atomic mass is 9.92. The Labute approximate surface area is 118 Å². The second-order valence-corrected chi connectivity index (χ2v) is 5.00. The number of methoxy groups -OCH3 is 2. The number of aliphatic hydroxyl groups excluding tert-OH is 1. The third-order valence-corrected chi connectivity index (χ3v) is 3.69. The summed E-state index contributed by atoms with van der Waals surface area (Å²) in [6.45, 7) is 0. The molecule has 0 heterocycles. The summed E-state index contributed by atoms with van der Waals surface area (Å²) in [5.41, 5.74) is 0.500. The molecule has 1 fully saturated rings. The maximum Gasteiger partial charge on any atom is 0.251 e. The molecule has 0 aliphatic heterocycles. The highest BCUT2D eigenvalue weighted by atomic mass is 16.5. The lowest BCUT2D eigenvalue weighted by Gasteiger charge is -2.28. The van der Waals surface area contributed by atoms with Crippen LogP contribution in [0.5, 0.6) is 11.5 Å². The first-order valence-corrected chi connectivity index (χ1v) is 6.86. The Morgan fingerprint density at radius 3 is 2.55 bits per heavy atom. The van der Waals surface area contributed by atoms with E-state index in [9.17, 15) is 9.90 Å². The summed E-state index contributed by atoms with van der Waals surface area (Å²) in [7, 11) is 3.08. The maximum absolute atomic E-state index is 12.2. The van der Waals surface area contributed by atoms with Crippen molar-refractivity contribution in [2.24, 2.45) is 0 Å². The molecule has 2 atom stereocenters. The van der Waals surface area contributed by atoms with Gasteiger partial charge in [-0.3, -0.25) is 4.79 Å². The normalized spacial score (nSPS) is 22.1. The van der Waals surface area contributed by atoms with E-state index < -0.39 is 6.10 Å². The number of nitrogens with one attached hydrogen (secondary N) is 1. The molecule has 0 bridgehead atoms. The highest BCUT2D eigenvalue weighted by Crippen LogP contribution is 2.27. The van der Waals surface area contributed by atoms with Crippen LogP contribution in [0.4, 0.5) is 0 Å². The van der Waals surface area contributed by atoms with Crippen molar-refractivity contribution in [1.82, 2.24) is 5.32 Å². The molecule has 5 heteroatoms. The first-order valence-electron chi connectivity index (χ1n) is 6.86. The first kappa shape index (κ1) is 14.7. The van der Waals surface area contributed by atoms with Crippen molar-refractivity contribution in [1.29, 1.82) is 0 Å². The minimum absolute atomic E-state index is 0.163.